The molecule has 9 heteroatoms. The van der Waals surface area contributed by atoms with Gasteiger partial charge in [0.1, 0.15) is 0 Å². The van der Waals surface area contributed by atoms with Crippen LogP contribution in [-0.4, -0.2) is 61.5 Å². The van der Waals surface area contributed by atoms with Crippen molar-refractivity contribution in [2.75, 3.05) is 39.8 Å². The molecule has 0 aliphatic carbocycles. The highest BCUT2D eigenvalue weighted by Gasteiger charge is 2.24. The summed E-state index contributed by atoms with van der Waals surface area (Å²) >= 11 is 0. The molecule has 0 unspecified atom stereocenters. The van der Waals surface area contributed by atoms with E-state index in [1.165, 1.54) is 0 Å². The highest BCUT2D eigenvalue weighted by Crippen LogP contribution is 2.34. The maximum Gasteiger partial charge on any atom is 0.317 e. The number of hydrogen-bond acceptors (Lipinski definition) is 6. The third-order valence-corrected chi connectivity index (χ3v) is 5.30. The summed E-state index contributed by atoms with van der Waals surface area (Å²) in [6.07, 6.45) is 0. The zero-order chi connectivity index (χ0) is 20.5. The fourth-order valence-corrected chi connectivity index (χ4v) is 3.69. The van der Waals surface area contributed by atoms with Crippen LogP contribution in [-0.2, 0) is 6.54 Å². The molecular weight excluding hydrogens is 390 g/mol. The monoisotopic (exact) mass is 411 g/mol. The first kappa shape index (κ1) is 18.4. The van der Waals surface area contributed by atoms with Crippen LogP contribution in [0.5, 0.6) is 23.0 Å². The molecule has 156 valence electrons. The first-order valence-electron chi connectivity index (χ1n) is 9.77. The zero-order valence-corrected chi connectivity index (χ0v) is 16.3. The summed E-state index contributed by atoms with van der Waals surface area (Å²) < 4.78 is 21.6. The van der Waals surface area contributed by atoms with Crippen LogP contribution in [0.3, 0.4) is 0 Å². The Balaban J connectivity index is 1.37. The summed E-state index contributed by atoms with van der Waals surface area (Å²) in [5, 5.41) is 2.78. The Labute approximate surface area is 173 Å². The van der Waals surface area contributed by atoms with E-state index in [4.69, 9.17) is 18.9 Å². The summed E-state index contributed by atoms with van der Waals surface area (Å²) in [4.78, 5) is 28.6. The summed E-state index contributed by atoms with van der Waals surface area (Å²) in [5.41, 5.74) is 1.42. The molecule has 3 aliphatic rings. The van der Waals surface area contributed by atoms with Gasteiger partial charge in [0, 0.05) is 38.3 Å². The average Bonchev–Trinajstić information content (AvgIpc) is 3.50. The van der Waals surface area contributed by atoms with E-state index in [0.29, 0.717) is 61.3 Å². The molecule has 1 fully saturated rings. The van der Waals surface area contributed by atoms with Crippen LogP contribution in [0.2, 0.25) is 0 Å². The lowest BCUT2D eigenvalue weighted by molar-refractivity contribution is 0.0730. The van der Waals surface area contributed by atoms with Crippen LogP contribution < -0.4 is 24.3 Å². The lowest BCUT2D eigenvalue weighted by atomic mass is 10.1. The molecule has 2 aromatic carbocycles. The van der Waals surface area contributed by atoms with Gasteiger partial charge in [-0.05, 0) is 35.9 Å². The smallest absolute Gasteiger partial charge is 0.317 e. The Kier molecular flexibility index (Phi) is 4.70. The third-order valence-electron chi connectivity index (χ3n) is 5.30. The largest absolute Gasteiger partial charge is 0.454 e. The highest BCUT2D eigenvalue weighted by atomic mass is 16.7. The normalized spacial score (nSPS) is 16.0. The second-order valence-corrected chi connectivity index (χ2v) is 7.20. The number of carbonyl (C=O) groups is 2. The molecule has 1 saturated heterocycles. The van der Waals surface area contributed by atoms with Gasteiger partial charge in [0.05, 0.1) is 0 Å². The summed E-state index contributed by atoms with van der Waals surface area (Å²) in [5.74, 6) is 2.40. The van der Waals surface area contributed by atoms with Gasteiger partial charge in [-0.25, -0.2) is 4.79 Å². The molecule has 2 aromatic rings. The molecular formula is C21H21N3O6. The van der Waals surface area contributed by atoms with Crippen molar-refractivity contribution in [2.45, 2.75) is 6.54 Å². The second-order valence-electron chi connectivity index (χ2n) is 7.20. The first-order valence-corrected chi connectivity index (χ1v) is 9.77. The van der Waals surface area contributed by atoms with Crippen LogP contribution in [0.1, 0.15) is 15.9 Å². The highest BCUT2D eigenvalue weighted by molar-refractivity contribution is 5.95. The maximum absolute atomic E-state index is 13.3. The minimum Gasteiger partial charge on any atom is -0.454 e. The minimum atomic E-state index is -0.148. The fourth-order valence-electron chi connectivity index (χ4n) is 3.69. The fraction of sp³-hybridized carbons (Fsp3) is 0.333. The molecule has 0 atom stereocenters. The van der Waals surface area contributed by atoms with E-state index in [1.807, 2.05) is 18.2 Å². The van der Waals surface area contributed by atoms with Gasteiger partial charge in [-0.2, -0.15) is 0 Å². The Morgan fingerprint density at radius 2 is 1.67 bits per heavy atom. The van der Waals surface area contributed by atoms with Crippen molar-refractivity contribution in [3.63, 3.8) is 0 Å². The molecule has 30 heavy (non-hydrogen) atoms. The lowest BCUT2D eigenvalue weighted by Gasteiger charge is -2.25. The number of carbonyl (C=O) groups excluding carboxylic acids is 2. The van der Waals surface area contributed by atoms with E-state index in [0.717, 1.165) is 5.56 Å². The number of fused-ring (bicyclic) bond motifs is 2. The van der Waals surface area contributed by atoms with E-state index in [2.05, 4.69) is 5.32 Å². The molecule has 1 N–H and O–H groups in total. The second kappa shape index (κ2) is 7.66. The van der Waals surface area contributed by atoms with Gasteiger partial charge in [-0.1, -0.05) is 6.07 Å². The van der Waals surface area contributed by atoms with Crippen molar-refractivity contribution in [2.24, 2.45) is 0 Å². The molecule has 0 spiro atoms. The van der Waals surface area contributed by atoms with Crippen LogP contribution in [0.15, 0.2) is 36.4 Å². The number of benzene rings is 2. The zero-order valence-electron chi connectivity index (χ0n) is 16.3. The number of nitrogens with one attached hydrogen (secondary N) is 1. The molecule has 3 amide bonds. The molecule has 0 bridgehead atoms. The molecule has 0 saturated carbocycles. The number of ether oxygens (including phenoxy) is 4. The standard InChI is InChI=1S/C21H21N3O6/c25-20(15-2-4-17-19(10-15)30-13-28-17)24(8-7-23-6-5-22-21(23)26)11-14-1-3-16-18(9-14)29-12-27-16/h1-4,9-10H,5-8,11-13H2,(H,22,26). The molecule has 9 nitrogen and oxygen atoms in total. The van der Waals surface area contributed by atoms with Crippen LogP contribution in [0.25, 0.3) is 0 Å². The van der Waals surface area contributed by atoms with E-state index in [1.54, 1.807) is 28.0 Å². The summed E-state index contributed by atoms with van der Waals surface area (Å²) in [6.45, 7) is 2.83. The summed E-state index contributed by atoms with van der Waals surface area (Å²) in [6, 6.07) is 10.7. The quantitative estimate of drug-likeness (QED) is 0.780. The van der Waals surface area contributed by atoms with Crippen molar-refractivity contribution in [1.82, 2.24) is 15.1 Å². The van der Waals surface area contributed by atoms with Crippen molar-refractivity contribution < 1.29 is 28.5 Å². The maximum atomic E-state index is 13.3. The van der Waals surface area contributed by atoms with Crippen molar-refractivity contribution in [3.05, 3.63) is 47.5 Å². The van der Waals surface area contributed by atoms with Gasteiger partial charge in [0.25, 0.3) is 5.91 Å². The Morgan fingerprint density at radius 3 is 2.40 bits per heavy atom. The van der Waals surface area contributed by atoms with Gasteiger partial charge in [0.2, 0.25) is 13.6 Å². The van der Waals surface area contributed by atoms with Crippen LogP contribution in [0, 0.1) is 0 Å². The third kappa shape index (κ3) is 3.54. The molecule has 3 heterocycles. The number of nitrogens with zero attached hydrogens (tertiary/aromatic N) is 2. The van der Waals surface area contributed by atoms with Gasteiger partial charge < -0.3 is 34.1 Å². The number of rotatable bonds is 6. The van der Waals surface area contributed by atoms with Gasteiger partial charge >= 0.3 is 6.03 Å². The molecule has 3 aliphatic heterocycles. The number of urea groups is 1. The van der Waals surface area contributed by atoms with Gasteiger partial charge in [-0.15, -0.1) is 0 Å². The molecule has 0 aromatic heterocycles. The Morgan fingerprint density at radius 1 is 0.967 bits per heavy atom. The van der Waals surface area contributed by atoms with E-state index in [9.17, 15) is 9.59 Å². The van der Waals surface area contributed by atoms with Crippen molar-refractivity contribution >= 4 is 11.9 Å². The summed E-state index contributed by atoms with van der Waals surface area (Å²) in [7, 11) is 0. The molecule has 5 rings (SSSR count). The van der Waals surface area contributed by atoms with Gasteiger partial charge in [-0.3, -0.25) is 4.79 Å². The van der Waals surface area contributed by atoms with E-state index >= 15 is 0 Å². The van der Waals surface area contributed by atoms with Crippen LogP contribution in [0.4, 0.5) is 4.79 Å². The predicted octanol–water partition coefficient (Wildman–Crippen LogP) is 1.81. The SMILES string of the molecule is O=C1NCCN1CCN(Cc1ccc2c(c1)OCO2)C(=O)c1ccc2c(c1)OCO2. The number of hydrogen-bond donors (Lipinski definition) is 1. The Hall–Kier alpha value is -3.62. The molecule has 0 radical (unpaired) electrons. The first-order chi connectivity index (χ1) is 14.7. The van der Waals surface area contributed by atoms with Crippen LogP contribution >= 0.6 is 0 Å². The van der Waals surface area contributed by atoms with Gasteiger partial charge in [0.15, 0.2) is 23.0 Å². The topological polar surface area (TPSA) is 89.6 Å². The number of amides is 3. The van der Waals surface area contributed by atoms with E-state index < -0.39 is 0 Å². The van der Waals surface area contributed by atoms with Crippen molar-refractivity contribution in [3.8, 4) is 23.0 Å². The Bertz CT molecular complexity index is 995. The lowest BCUT2D eigenvalue weighted by Crippen LogP contribution is -2.39. The minimum absolute atomic E-state index is 0.103. The van der Waals surface area contributed by atoms with Crippen molar-refractivity contribution in [1.29, 1.82) is 0 Å². The van der Waals surface area contributed by atoms with E-state index in [-0.39, 0.29) is 25.5 Å². The predicted molar refractivity (Wildman–Crippen MR) is 105 cm³/mol. The average molecular weight is 411 g/mol.